The summed E-state index contributed by atoms with van der Waals surface area (Å²) >= 11 is 0. The van der Waals surface area contributed by atoms with Gasteiger partial charge >= 0.3 is 0 Å². The Hall–Kier alpha value is -2.50. The molecule has 6 nitrogen and oxygen atoms in total. The van der Waals surface area contributed by atoms with Crippen molar-refractivity contribution in [2.45, 2.75) is 38.3 Å². The summed E-state index contributed by atoms with van der Waals surface area (Å²) in [7, 11) is 0. The maximum Gasteiger partial charge on any atom is 0.254 e. The molecule has 2 aromatic rings. The van der Waals surface area contributed by atoms with Crippen LogP contribution in [0.5, 0.6) is 11.5 Å². The van der Waals surface area contributed by atoms with Crippen molar-refractivity contribution >= 4 is 5.91 Å². The topological polar surface area (TPSA) is 56.6 Å². The van der Waals surface area contributed by atoms with E-state index in [-0.39, 0.29) is 18.7 Å². The number of fused-ring (bicyclic) bond motifs is 1. The molecule has 1 fully saturated rings. The van der Waals surface area contributed by atoms with E-state index in [2.05, 4.69) is 9.55 Å². The third-order valence-electron chi connectivity index (χ3n) is 4.79. The number of nitrogens with zero attached hydrogens (tertiary/aromatic N) is 3. The molecule has 1 unspecified atom stereocenters. The summed E-state index contributed by atoms with van der Waals surface area (Å²) in [5.74, 6) is 1.46. The van der Waals surface area contributed by atoms with Crippen LogP contribution in [0.15, 0.2) is 36.9 Å². The normalized spacial score (nSPS) is 19.5. The first-order chi connectivity index (χ1) is 11.8. The molecule has 2 aliphatic rings. The van der Waals surface area contributed by atoms with Crippen LogP contribution in [-0.2, 0) is 6.54 Å². The third-order valence-corrected chi connectivity index (χ3v) is 4.79. The molecule has 0 spiro atoms. The second kappa shape index (κ2) is 6.55. The predicted molar refractivity (Wildman–Crippen MR) is 88.1 cm³/mol. The van der Waals surface area contributed by atoms with Crippen molar-refractivity contribution in [3.8, 4) is 11.5 Å². The molecule has 0 bridgehead atoms. The first-order valence-corrected chi connectivity index (χ1v) is 8.47. The van der Waals surface area contributed by atoms with Gasteiger partial charge in [-0.15, -0.1) is 0 Å². The van der Waals surface area contributed by atoms with Crippen LogP contribution >= 0.6 is 0 Å². The van der Waals surface area contributed by atoms with Crippen molar-refractivity contribution in [1.82, 2.24) is 14.5 Å². The molecule has 6 heteroatoms. The Morgan fingerprint density at radius 2 is 2.17 bits per heavy atom. The van der Waals surface area contributed by atoms with Gasteiger partial charge in [-0.25, -0.2) is 4.98 Å². The molecule has 1 saturated heterocycles. The molecule has 3 heterocycles. The first kappa shape index (κ1) is 15.1. The Labute approximate surface area is 141 Å². The van der Waals surface area contributed by atoms with Crippen LogP contribution in [0, 0.1) is 0 Å². The van der Waals surface area contributed by atoms with E-state index >= 15 is 0 Å². The summed E-state index contributed by atoms with van der Waals surface area (Å²) < 4.78 is 12.8. The summed E-state index contributed by atoms with van der Waals surface area (Å²) in [5, 5.41) is 0. The second-order valence-corrected chi connectivity index (χ2v) is 6.31. The minimum atomic E-state index is 0.0867. The highest BCUT2D eigenvalue weighted by Crippen LogP contribution is 2.33. The van der Waals surface area contributed by atoms with Crippen LogP contribution in [0.3, 0.4) is 0 Å². The van der Waals surface area contributed by atoms with Gasteiger partial charge in [0.05, 0.1) is 6.33 Å². The van der Waals surface area contributed by atoms with E-state index < -0.39 is 0 Å². The highest BCUT2D eigenvalue weighted by Gasteiger charge is 2.28. The van der Waals surface area contributed by atoms with Gasteiger partial charge in [-0.2, -0.15) is 0 Å². The molecular formula is C18H21N3O3. The van der Waals surface area contributed by atoms with E-state index in [1.54, 1.807) is 12.3 Å². The van der Waals surface area contributed by atoms with E-state index in [4.69, 9.17) is 9.47 Å². The fourth-order valence-electron chi connectivity index (χ4n) is 3.48. The monoisotopic (exact) mass is 327 g/mol. The summed E-state index contributed by atoms with van der Waals surface area (Å²) in [6, 6.07) is 5.72. The molecular weight excluding hydrogens is 306 g/mol. The fraction of sp³-hybridized carbons (Fsp3) is 0.444. The van der Waals surface area contributed by atoms with Gasteiger partial charge in [-0.3, -0.25) is 4.79 Å². The van der Waals surface area contributed by atoms with Gasteiger partial charge in [0.25, 0.3) is 5.91 Å². The SMILES string of the molecule is O=C(c1ccc2c(c1)OCO2)N1CCCCC1CCn1ccnc1. The summed E-state index contributed by atoms with van der Waals surface area (Å²) in [5.41, 5.74) is 0.675. The van der Waals surface area contributed by atoms with Crippen molar-refractivity contribution in [3.05, 3.63) is 42.5 Å². The van der Waals surface area contributed by atoms with E-state index in [1.807, 2.05) is 29.6 Å². The Morgan fingerprint density at radius 1 is 1.25 bits per heavy atom. The molecule has 24 heavy (non-hydrogen) atoms. The first-order valence-electron chi connectivity index (χ1n) is 8.47. The molecule has 0 N–H and O–H groups in total. The Kier molecular flexibility index (Phi) is 4.11. The molecule has 1 atom stereocenters. The molecule has 1 aromatic carbocycles. The number of benzene rings is 1. The number of likely N-dealkylation sites (tertiary alicyclic amines) is 1. The van der Waals surface area contributed by atoms with E-state index in [9.17, 15) is 4.79 Å². The van der Waals surface area contributed by atoms with Crippen molar-refractivity contribution in [3.63, 3.8) is 0 Å². The number of hydrogen-bond acceptors (Lipinski definition) is 4. The number of aromatic nitrogens is 2. The van der Waals surface area contributed by atoms with Crippen LogP contribution in [0.2, 0.25) is 0 Å². The standard InChI is InChI=1S/C18H21N3O3/c22-18(14-4-5-16-17(11-14)24-13-23-16)21-8-2-1-3-15(21)6-9-20-10-7-19-12-20/h4-5,7,10-12,15H,1-3,6,8-9,13H2. The van der Waals surface area contributed by atoms with Gasteiger partial charge in [0.1, 0.15) is 0 Å². The van der Waals surface area contributed by atoms with Crippen LogP contribution in [0.1, 0.15) is 36.0 Å². The number of carbonyl (C=O) groups is 1. The average Bonchev–Trinajstić information content (AvgIpc) is 3.30. The number of imidazole rings is 1. The van der Waals surface area contributed by atoms with Crippen molar-refractivity contribution in [1.29, 1.82) is 0 Å². The zero-order valence-corrected chi connectivity index (χ0v) is 13.6. The van der Waals surface area contributed by atoms with Gasteiger partial charge in [0.2, 0.25) is 6.79 Å². The molecule has 0 aliphatic carbocycles. The largest absolute Gasteiger partial charge is 0.454 e. The zero-order chi connectivity index (χ0) is 16.4. The van der Waals surface area contributed by atoms with Gasteiger partial charge in [-0.1, -0.05) is 0 Å². The Balaban J connectivity index is 1.48. The molecule has 0 radical (unpaired) electrons. The molecule has 2 aliphatic heterocycles. The lowest BCUT2D eigenvalue weighted by molar-refractivity contribution is 0.0595. The Bertz CT molecular complexity index is 714. The quantitative estimate of drug-likeness (QED) is 0.866. The minimum absolute atomic E-state index is 0.0867. The van der Waals surface area contributed by atoms with Gasteiger partial charge < -0.3 is 18.9 Å². The maximum absolute atomic E-state index is 13.0. The van der Waals surface area contributed by atoms with Crippen LogP contribution in [-0.4, -0.2) is 39.7 Å². The predicted octanol–water partition coefficient (Wildman–Crippen LogP) is 2.70. The number of hydrogen-bond donors (Lipinski definition) is 0. The van der Waals surface area contributed by atoms with E-state index in [1.165, 1.54) is 6.42 Å². The zero-order valence-electron chi connectivity index (χ0n) is 13.6. The van der Waals surface area contributed by atoms with Gasteiger partial charge in [-0.05, 0) is 43.9 Å². The molecule has 4 rings (SSSR count). The van der Waals surface area contributed by atoms with Gasteiger partial charge in [0, 0.05) is 37.1 Å². The number of carbonyl (C=O) groups excluding carboxylic acids is 1. The molecule has 1 amide bonds. The highest BCUT2D eigenvalue weighted by atomic mass is 16.7. The summed E-state index contributed by atoms with van der Waals surface area (Å²) in [4.78, 5) is 19.1. The highest BCUT2D eigenvalue weighted by molar-refractivity contribution is 5.95. The van der Waals surface area contributed by atoms with Crippen molar-refractivity contribution in [2.75, 3.05) is 13.3 Å². The number of aryl methyl sites for hydroxylation is 1. The number of rotatable bonds is 4. The van der Waals surface area contributed by atoms with Gasteiger partial charge in [0.15, 0.2) is 11.5 Å². The second-order valence-electron chi connectivity index (χ2n) is 6.31. The smallest absolute Gasteiger partial charge is 0.254 e. The minimum Gasteiger partial charge on any atom is -0.454 e. The van der Waals surface area contributed by atoms with E-state index in [0.717, 1.165) is 32.4 Å². The lowest BCUT2D eigenvalue weighted by atomic mass is 9.98. The van der Waals surface area contributed by atoms with Crippen molar-refractivity contribution in [2.24, 2.45) is 0 Å². The molecule has 1 aromatic heterocycles. The lowest BCUT2D eigenvalue weighted by Gasteiger charge is -2.36. The van der Waals surface area contributed by atoms with Crippen LogP contribution in [0.4, 0.5) is 0 Å². The lowest BCUT2D eigenvalue weighted by Crippen LogP contribution is -2.44. The Morgan fingerprint density at radius 3 is 3.04 bits per heavy atom. The maximum atomic E-state index is 13.0. The summed E-state index contributed by atoms with van der Waals surface area (Å²) in [6.07, 6.45) is 9.84. The average molecular weight is 327 g/mol. The van der Waals surface area contributed by atoms with E-state index in [0.29, 0.717) is 17.1 Å². The molecule has 0 saturated carbocycles. The number of ether oxygens (including phenoxy) is 2. The molecule has 126 valence electrons. The number of piperidine rings is 1. The fourth-order valence-corrected chi connectivity index (χ4v) is 3.48. The van der Waals surface area contributed by atoms with Crippen molar-refractivity contribution < 1.29 is 14.3 Å². The van der Waals surface area contributed by atoms with Crippen LogP contribution < -0.4 is 9.47 Å². The number of amides is 1. The third kappa shape index (κ3) is 2.96. The van der Waals surface area contributed by atoms with Crippen LogP contribution in [0.25, 0.3) is 0 Å². The summed E-state index contributed by atoms with van der Waals surface area (Å²) in [6.45, 7) is 1.93.